The Bertz CT molecular complexity index is 475. The van der Waals surface area contributed by atoms with Gasteiger partial charge in [-0.1, -0.05) is 31.6 Å². The van der Waals surface area contributed by atoms with E-state index in [2.05, 4.69) is 29.0 Å². The van der Waals surface area contributed by atoms with E-state index in [0.717, 1.165) is 31.1 Å². The molecule has 1 amide bonds. The molecule has 20 heavy (non-hydrogen) atoms. The summed E-state index contributed by atoms with van der Waals surface area (Å²) in [7, 11) is 0. The molecule has 0 aliphatic carbocycles. The molecular weight excluding hydrogens is 274 g/mol. The van der Waals surface area contributed by atoms with Gasteiger partial charge in [-0.2, -0.15) is 0 Å². The van der Waals surface area contributed by atoms with Crippen LogP contribution in [0, 0.1) is 5.92 Å². The fourth-order valence-corrected chi connectivity index (χ4v) is 3.01. The Hall–Kier alpha value is -1.34. The predicted octanol–water partition coefficient (Wildman–Crippen LogP) is 1.04. The molecule has 2 rings (SSSR count). The Balaban J connectivity index is 2.01. The van der Waals surface area contributed by atoms with Gasteiger partial charge in [0, 0.05) is 25.7 Å². The molecule has 1 aliphatic heterocycles. The standard InChI is InChI=1S/C13H23N5OS/c1-3-8(2)6-16-12(19)10-11(15)17-13(20-10)18-5-4-9(14)7-18/h8-9H,3-7,14-15H2,1-2H3,(H,16,19). The number of rotatable bonds is 5. The average Bonchev–Trinajstić information content (AvgIpc) is 3.01. The number of nitrogen functional groups attached to an aromatic ring is 1. The lowest BCUT2D eigenvalue weighted by Crippen LogP contribution is -2.28. The van der Waals surface area contributed by atoms with Gasteiger partial charge in [0.05, 0.1) is 0 Å². The number of carbonyl (C=O) groups is 1. The fraction of sp³-hybridized carbons (Fsp3) is 0.692. The zero-order chi connectivity index (χ0) is 14.7. The molecule has 1 aromatic rings. The van der Waals surface area contributed by atoms with E-state index in [0.29, 0.717) is 23.2 Å². The molecule has 0 saturated carbocycles. The highest BCUT2D eigenvalue weighted by Crippen LogP contribution is 2.30. The summed E-state index contributed by atoms with van der Waals surface area (Å²) in [5.41, 5.74) is 11.8. The first-order valence-corrected chi connectivity index (χ1v) is 7.88. The van der Waals surface area contributed by atoms with Crippen molar-refractivity contribution < 1.29 is 4.79 Å². The summed E-state index contributed by atoms with van der Waals surface area (Å²) in [5, 5.41) is 3.71. The Labute approximate surface area is 123 Å². The first-order valence-electron chi connectivity index (χ1n) is 7.06. The van der Waals surface area contributed by atoms with Crippen LogP contribution < -0.4 is 21.7 Å². The van der Waals surface area contributed by atoms with E-state index in [-0.39, 0.29) is 11.9 Å². The van der Waals surface area contributed by atoms with Crippen molar-refractivity contribution in [3.05, 3.63) is 4.88 Å². The molecule has 5 N–H and O–H groups in total. The maximum absolute atomic E-state index is 12.1. The summed E-state index contributed by atoms with van der Waals surface area (Å²) in [6.45, 7) is 6.53. The van der Waals surface area contributed by atoms with E-state index >= 15 is 0 Å². The Kier molecular flexibility index (Phi) is 4.82. The number of anilines is 2. The normalized spacial score (nSPS) is 20.1. The number of carbonyl (C=O) groups excluding carboxylic acids is 1. The van der Waals surface area contributed by atoms with Gasteiger partial charge in [-0.25, -0.2) is 4.98 Å². The maximum Gasteiger partial charge on any atom is 0.265 e. The summed E-state index contributed by atoms with van der Waals surface area (Å²) >= 11 is 1.35. The van der Waals surface area contributed by atoms with Crippen LogP contribution in [0.25, 0.3) is 0 Å². The molecular formula is C13H23N5OS. The van der Waals surface area contributed by atoms with Gasteiger partial charge in [-0.05, 0) is 12.3 Å². The van der Waals surface area contributed by atoms with Crippen molar-refractivity contribution in [3.8, 4) is 0 Å². The van der Waals surface area contributed by atoms with Crippen molar-refractivity contribution in [2.45, 2.75) is 32.7 Å². The van der Waals surface area contributed by atoms with E-state index < -0.39 is 0 Å². The van der Waals surface area contributed by atoms with Gasteiger partial charge in [0.15, 0.2) is 5.13 Å². The van der Waals surface area contributed by atoms with Crippen LogP contribution in [0.1, 0.15) is 36.4 Å². The predicted molar refractivity (Wildman–Crippen MR) is 83.1 cm³/mol. The molecule has 1 fully saturated rings. The summed E-state index contributed by atoms with van der Waals surface area (Å²) in [5.74, 6) is 0.645. The Morgan fingerprint density at radius 3 is 3.00 bits per heavy atom. The number of nitrogens with two attached hydrogens (primary N) is 2. The van der Waals surface area contributed by atoms with Crippen LogP contribution in [-0.2, 0) is 0 Å². The van der Waals surface area contributed by atoms with E-state index in [9.17, 15) is 4.79 Å². The fourth-order valence-electron chi connectivity index (χ4n) is 2.07. The number of nitrogens with one attached hydrogen (secondary N) is 1. The zero-order valence-electron chi connectivity index (χ0n) is 12.1. The third kappa shape index (κ3) is 3.40. The van der Waals surface area contributed by atoms with Crippen LogP contribution in [0.15, 0.2) is 0 Å². The van der Waals surface area contributed by atoms with E-state index in [1.165, 1.54) is 11.3 Å². The van der Waals surface area contributed by atoms with Crippen LogP contribution in [0.3, 0.4) is 0 Å². The molecule has 1 saturated heterocycles. The molecule has 2 unspecified atom stereocenters. The lowest BCUT2D eigenvalue weighted by Gasteiger charge is -2.13. The van der Waals surface area contributed by atoms with Crippen LogP contribution in [0.4, 0.5) is 10.9 Å². The molecule has 2 heterocycles. The molecule has 0 radical (unpaired) electrons. The minimum atomic E-state index is -0.130. The van der Waals surface area contributed by atoms with Crippen LogP contribution in [0.5, 0.6) is 0 Å². The maximum atomic E-state index is 12.1. The molecule has 112 valence electrons. The number of hydrogen-bond acceptors (Lipinski definition) is 6. The minimum Gasteiger partial charge on any atom is -0.382 e. The highest BCUT2D eigenvalue weighted by molar-refractivity contribution is 7.18. The molecule has 6 nitrogen and oxygen atoms in total. The molecule has 1 aromatic heterocycles. The lowest BCUT2D eigenvalue weighted by molar-refractivity contribution is 0.0952. The van der Waals surface area contributed by atoms with Crippen molar-refractivity contribution in [2.24, 2.45) is 11.7 Å². The topological polar surface area (TPSA) is 97.3 Å². The smallest absolute Gasteiger partial charge is 0.265 e. The number of amides is 1. The summed E-state index contributed by atoms with van der Waals surface area (Å²) < 4.78 is 0. The zero-order valence-corrected chi connectivity index (χ0v) is 12.9. The number of thiazole rings is 1. The van der Waals surface area contributed by atoms with Crippen molar-refractivity contribution >= 4 is 28.2 Å². The van der Waals surface area contributed by atoms with Crippen molar-refractivity contribution in [2.75, 3.05) is 30.3 Å². The van der Waals surface area contributed by atoms with Crippen LogP contribution >= 0.6 is 11.3 Å². The summed E-state index contributed by atoms with van der Waals surface area (Å²) in [4.78, 5) is 19.0. The van der Waals surface area contributed by atoms with Gasteiger partial charge in [0.25, 0.3) is 5.91 Å². The monoisotopic (exact) mass is 297 g/mol. The van der Waals surface area contributed by atoms with E-state index in [1.807, 2.05) is 0 Å². The first-order chi connectivity index (χ1) is 9.51. The van der Waals surface area contributed by atoms with Gasteiger partial charge in [0.2, 0.25) is 0 Å². The molecule has 1 aliphatic rings. The summed E-state index contributed by atoms with van der Waals surface area (Å²) in [6, 6.07) is 0.183. The van der Waals surface area contributed by atoms with Gasteiger partial charge in [0.1, 0.15) is 10.7 Å². The third-order valence-corrected chi connectivity index (χ3v) is 4.78. The first kappa shape index (κ1) is 15.1. The Morgan fingerprint density at radius 1 is 1.65 bits per heavy atom. The van der Waals surface area contributed by atoms with Gasteiger partial charge >= 0.3 is 0 Å². The van der Waals surface area contributed by atoms with Gasteiger partial charge < -0.3 is 21.7 Å². The van der Waals surface area contributed by atoms with Crippen LogP contribution in [-0.4, -0.2) is 36.6 Å². The largest absolute Gasteiger partial charge is 0.382 e. The van der Waals surface area contributed by atoms with Gasteiger partial charge in [-0.3, -0.25) is 4.79 Å². The number of nitrogens with zero attached hydrogens (tertiary/aromatic N) is 2. The highest BCUT2D eigenvalue weighted by Gasteiger charge is 2.24. The second-order valence-corrected chi connectivity index (χ2v) is 6.41. The SMILES string of the molecule is CCC(C)CNC(=O)c1sc(N2CCC(N)C2)nc1N. The second kappa shape index (κ2) is 6.41. The average molecular weight is 297 g/mol. The molecule has 7 heteroatoms. The molecule has 0 bridgehead atoms. The highest BCUT2D eigenvalue weighted by atomic mass is 32.1. The van der Waals surface area contributed by atoms with Gasteiger partial charge in [-0.15, -0.1) is 0 Å². The Morgan fingerprint density at radius 2 is 2.40 bits per heavy atom. The molecule has 0 spiro atoms. The summed E-state index contributed by atoms with van der Waals surface area (Å²) in [6.07, 6.45) is 1.99. The number of aromatic nitrogens is 1. The van der Waals surface area contributed by atoms with E-state index in [4.69, 9.17) is 11.5 Å². The number of hydrogen-bond donors (Lipinski definition) is 3. The third-order valence-electron chi connectivity index (χ3n) is 3.65. The van der Waals surface area contributed by atoms with Crippen molar-refractivity contribution in [3.63, 3.8) is 0 Å². The lowest BCUT2D eigenvalue weighted by atomic mass is 10.1. The van der Waals surface area contributed by atoms with Crippen molar-refractivity contribution in [1.82, 2.24) is 10.3 Å². The van der Waals surface area contributed by atoms with Crippen molar-refractivity contribution in [1.29, 1.82) is 0 Å². The molecule has 2 atom stereocenters. The quantitative estimate of drug-likeness (QED) is 0.754. The molecule has 0 aromatic carbocycles. The second-order valence-electron chi connectivity index (χ2n) is 5.43. The van der Waals surface area contributed by atoms with Crippen LogP contribution in [0.2, 0.25) is 0 Å². The minimum absolute atomic E-state index is 0.130. The van der Waals surface area contributed by atoms with E-state index in [1.54, 1.807) is 0 Å².